The molecule has 8 heteroatoms. The van der Waals surface area contributed by atoms with Gasteiger partial charge in [0.1, 0.15) is 9.71 Å². The van der Waals surface area contributed by atoms with Crippen molar-refractivity contribution in [1.82, 2.24) is 14.7 Å². The average Bonchev–Trinajstić information content (AvgIpc) is 3.27. The monoisotopic (exact) mass is 410 g/mol. The van der Waals surface area contributed by atoms with E-state index in [9.17, 15) is 9.59 Å². The molecule has 150 valence electrons. The van der Waals surface area contributed by atoms with Crippen molar-refractivity contribution in [2.45, 2.75) is 26.8 Å². The second kappa shape index (κ2) is 8.88. The van der Waals surface area contributed by atoms with E-state index >= 15 is 0 Å². The van der Waals surface area contributed by atoms with Crippen LogP contribution >= 0.6 is 11.3 Å². The zero-order valence-corrected chi connectivity index (χ0v) is 17.5. The van der Waals surface area contributed by atoms with E-state index in [2.05, 4.69) is 29.4 Å². The van der Waals surface area contributed by atoms with Crippen LogP contribution in [-0.4, -0.2) is 46.8 Å². The predicted molar refractivity (Wildman–Crippen MR) is 111 cm³/mol. The highest BCUT2D eigenvalue weighted by Crippen LogP contribution is 2.29. The van der Waals surface area contributed by atoms with E-state index in [0.717, 1.165) is 21.5 Å². The summed E-state index contributed by atoms with van der Waals surface area (Å²) in [5, 5.41) is 14.1. The zero-order valence-electron chi connectivity index (χ0n) is 16.6. The number of ether oxygens (including phenoxy) is 1. The Hall–Kier alpha value is -3.18. The van der Waals surface area contributed by atoms with Gasteiger partial charge in [-0.25, -0.2) is 4.79 Å². The van der Waals surface area contributed by atoms with Crippen molar-refractivity contribution in [1.29, 1.82) is 5.26 Å². The smallest absolute Gasteiger partial charge is 0.348 e. The van der Waals surface area contributed by atoms with Gasteiger partial charge < -0.3 is 9.64 Å². The number of aromatic nitrogens is 2. The Labute approximate surface area is 173 Å². The number of hydrogen-bond donors (Lipinski definition) is 0. The Morgan fingerprint density at radius 1 is 1.28 bits per heavy atom. The molecule has 0 unspecified atom stereocenters. The van der Waals surface area contributed by atoms with Gasteiger partial charge in [-0.1, -0.05) is 29.8 Å². The van der Waals surface area contributed by atoms with E-state index in [-0.39, 0.29) is 18.9 Å². The summed E-state index contributed by atoms with van der Waals surface area (Å²) in [5.74, 6) is -0.869. The molecule has 7 nitrogen and oxygen atoms in total. The van der Waals surface area contributed by atoms with Crippen LogP contribution in [0.3, 0.4) is 0 Å². The molecular weight excluding hydrogens is 388 g/mol. The molecule has 3 rings (SSSR count). The van der Waals surface area contributed by atoms with Crippen LogP contribution in [0.5, 0.6) is 0 Å². The molecule has 29 heavy (non-hydrogen) atoms. The van der Waals surface area contributed by atoms with Gasteiger partial charge >= 0.3 is 5.97 Å². The third-order valence-corrected chi connectivity index (χ3v) is 5.70. The molecular formula is C21H22N4O3S. The van der Waals surface area contributed by atoms with Gasteiger partial charge in [-0.2, -0.15) is 10.4 Å². The summed E-state index contributed by atoms with van der Waals surface area (Å²) < 4.78 is 7.06. The minimum Gasteiger partial charge on any atom is -0.451 e. The first-order valence-corrected chi connectivity index (χ1v) is 10.0. The van der Waals surface area contributed by atoms with E-state index in [1.165, 1.54) is 21.8 Å². The number of nitrogens with zero attached hydrogens (tertiary/aromatic N) is 4. The number of carbonyl (C=O) groups excluding carboxylic acids is 2. The number of fused-ring (bicyclic) bond motifs is 1. The highest BCUT2D eigenvalue weighted by Gasteiger charge is 2.19. The van der Waals surface area contributed by atoms with Gasteiger partial charge in [-0.3, -0.25) is 9.48 Å². The van der Waals surface area contributed by atoms with Crippen LogP contribution in [0.4, 0.5) is 0 Å². The summed E-state index contributed by atoms with van der Waals surface area (Å²) in [5.41, 5.74) is 3.17. The van der Waals surface area contributed by atoms with Crippen molar-refractivity contribution < 1.29 is 14.3 Å². The third kappa shape index (κ3) is 4.81. The quantitative estimate of drug-likeness (QED) is 0.558. The number of hydrogen-bond acceptors (Lipinski definition) is 6. The lowest BCUT2D eigenvalue weighted by atomic mass is 10.1. The second-order valence-electron chi connectivity index (χ2n) is 6.86. The van der Waals surface area contributed by atoms with E-state index in [0.29, 0.717) is 18.0 Å². The van der Waals surface area contributed by atoms with Gasteiger partial charge in [0, 0.05) is 19.0 Å². The second-order valence-corrected chi connectivity index (χ2v) is 7.89. The molecule has 0 fully saturated rings. The molecule has 0 aliphatic carbocycles. The first-order chi connectivity index (χ1) is 13.9. The number of esters is 1. The Morgan fingerprint density at radius 3 is 2.69 bits per heavy atom. The van der Waals surface area contributed by atoms with Crippen LogP contribution in [0, 0.1) is 25.2 Å². The molecule has 0 radical (unpaired) electrons. The van der Waals surface area contributed by atoms with Gasteiger partial charge in [-0.15, -0.1) is 11.3 Å². The minimum atomic E-state index is -0.533. The summed E-state index contributed by atoms with van der Waals surface area (Å²) in [6.45, 7) is 4.53. The van der Waals surface area contributed by atoms with Crippen molar-refractivity contribution in [2.24, 2.45) is 0 Å². The van der Waals surface area contributed by atoms with Gasteiger partial charge in [0.25, 0.3) is 5.91 Å². The Balaban J connectivity index is 1.70. The maximum absolute atomic E-state index is 12.4. The van der Waals surface area contributed by atoms with Crippen molar-refractivity contribution in [3.05, 3.63) is 52.0 Å². The number of amides is 1. The minimum absolute atomic E-state index is 0.239. The molecule has 1 amide bonds. The van der Waals surface area contributed by atoms with E-state index in [4.69, 9.17) is 10.00 Å². The van der Waals surface area contributed by atoms with Crippen molar-refractivity contribution in [3.8, 4) is 6.07 Å². The number of thiophene rings is 1. The van der Waals surface area contributed by atoms with Crippen LogP contribution in [0.2, 0.25) is 0 Å². The van der Waals surface area contributed by atoms with Gasteiger partial charge in [0.15, 0.2) is 6.61 Å². The molecule has 0 saturated carbocycles. The van der Waals surface area contributed by atoms with Gasteiger partial charge in [-0.05, 0) is 25.5 Å². The van der Waals surface area contributed by atoms with E-state index < -0.39 is 5.97 Å². The Morgan fingerprint density at radius 2 is 2.00 bits per heavy atom. The molecule has 1 aromatic carbocycles. The van der Waals surface area contributed by atoms with Crippen molar-refractivity contribution in [2.75, 3.05) is 20.2 Å². The van der Waals surface area contributed by atoms with Crippen LogP contribution in [-0.2, 0) is 16.1 Å². The largest absolute Gasteiger partial charge is 0.451 e. The standard InChI is InChI=1S/C21H22N4O3S/c1-14-5-7-16(8-6-14)12-25-20-17(15(2)23-25)11-18(29-20)21(27)28-13-19(26)24(3)10-4-9-22/h5-8,11H,4,10,12-13H2,1-3H3. The third-order valence-electron chi connectivity index (χ3n) is 4.57. The summed E-state index contributed by atoms with van der Waals surface area (Å²) >= 11 is 1.31. The fourth-order valence-electron chi connectivity index (χ4n) is 2.84. The molecule has 0 spiro atoms. The first-order valence-electron chi connectivity index (χ1n) is 9.19. The Bertz CT molecular complexity index is 1080. The lowest BCUT2D eigenvalue weighted by Crippen LogP contribution is -2.31. The van der Waals surface area contributed by atoms with Crippen molar-refractivity contribution >= 4 is 33.4 Å². The fraction of sp³-hybridized carbons (Fsp3) is 0.333. The molecule has 0 saturated heterocycles. The van der Waals surface area contributed by atoms with Crippen LogP contribution in [0.15, 0.2) is 30.3 Å². The molecule has 0 bridgehead atoms. The predicted octanol–water partition coefficient (Wildman–Crippen LogP) is 3.29. The highest BCUT2D eigenvalue weighted by molar-refractivity contribution is 7.20. The summed E-state index contributed by atoms with van der Waals surface area (Å²) in [6, 6.07) is 12.0. The SMILES string of the molecule is Cc1ccc(Cn2nc(C)c3cc(C(=O)OCC(=O)N(C)CCC#N)sc32)cc1. The fourth-order valence-corrected chi connectivity index (χ4v) is 3.89. The van der Waals surface area contributed by atoms with Gasteiger partial charge in [0.05, 0.1) is 24.7 Å². The van der Waals surface area contributed by atoms with Crippen molar-refractivity contribution in [3.63, 3.8) is 0 Å². The van der Waals surface area contributed by atoms with E-state index in [1.807, 2.05) is 24.6 Å². The summed E-state index contributed by atoms with van der Waals surface area (Å²) in [4.78, 5) is 27.1. The lowest BCUT2D eigenvalue weighted by molar-refractivity contribution is -0.133. The first kappa shape index (κ1) is 20.6. The number of likely N-dealkylation sites (N-methyl/N-ethyl adjacent to an activating group) is 1. The Kier molecular flexibility index (Phi) is 6.29. The number of rotatable bonds is 7. The molecule has 0 aliphatic rings. The number of carbonyl (C=O) groups is 2. The highest BCUT2D eigenvalue weighted by atomic mass is 32.1. The average molecular weight is 410 g/mol. The number of nitriles is 1. The number of benzene rings is 1. The van der Waals surface area contributed by atoms with Crippen LogP contribution < -0.4 is 0 Å². The van der Waals surface area contributed by atoms with Crippen LogP contribution in [0.25, 0.3) is 10.2 Å². The zero-order chi connectivity index (χ0) is 21.0. The maximum Gasteiger partial charge on any atom is 0.348 e. The topological polar surface area (TPSA) is 88.2 Å². The molecule has 2 aromatic heterocycles. The maximum atomic E-state index is 12.4. The molecule has 3 aromatic rings. The van der Waals surface area contributed by atoms with Gasteiger partial charge in [0.2, 0.25) is 0 Å². The lowest BCUT2D eigenvalue weighted by Gasteiger charge is -2.14. The normalized spacial score (nSPS) is 10.7. The summed E-state index contributed by atoms with van der Waals surface area (Å²) in [6.07, 6.45) is 0.239. The summed E-state index contributed by atoms with van der Waals surface area (Å²) in [7, 11) is 1.58. The van der Waals surface area contributed by atoms with E-state index in [1.54, 1.807) is 13.1 Å². The molecule has 2 heterocycles. The molecule has 0 N–H and O–H groups in total. The molecule has 0 aliphatic heterocycles. The molecule has 0 atom stereocenters. The van der Waals surface area contributed by atoms with Crippen LogP contribution in [0.1, 0.15) is 32.9 Å². The number of aryl methyl sites for hydroxylation is 2.